The fourth-order valence-electron chi connectivity index (χ4n) is 2.10. The Morgan fingerprint density at radius 1 is 1.00 bits per heavy atom. The molecule has 2 N–H and O–H groups in total. The highest BCUT2D eigenvalue weighted by atomic mass is 79.9. The van der Waals surface area contributed by atoms with Crippen molar-refractivity contribution in [1.82, 2.24) is 0 Å². The average Bonchev–Trinajstić information content (AvgIpc) is 2.49. The summed E-state index contributed by atoms with van der Waals surface area (Å²) in [6.07, 6.45) is 0.937. The Hall–Kier alpha value is -1.16. The molecule has 0 aliphatic rings. The predicted octanol–water partition coefficient (Wildman–Crippen LogP) is 3.78. The summed E-state index contributed by atoms with van der Waals surface area (Å²) in [6, 6.07) is 18.5. The fourth-order valence-corrected chi connectivity index (χ4v) is 2.55. The van der Waals surface area contributed by atoms with Gasteiger partial charge in [-0.1, -0.05) is 64.5 Å². The van der Waals surface area contributed by atoms with E-state index in [1.807, 2.05) is 24.3 Å². The molecule has 0 saturated carbocycles. The molecule has 0 fully saturated rings. The second-order valence-electron chi connectivity index (χ2n) is 4.90. The van der Waals surface area contributed by atoms with Crippen molar-refractivity contribution in [3.63, 3.8) is 0 Å². The van der Waals surface area contributed by atoms with Crippen LogP contribution in [0.25, 0.3) is 0 Å². The third-order valence-corrected chi connectivity index (χ3v) is 4.04. The van der Waals surface area contributed by atoms with Crippen molar-refractivity contribution < 1.29 is 4.74 Å². The molecule has 2 nitrogen and oxygen atoms in total. The zero-order valence-electron chi connectivity index (χ0n) is 11.5. The van der Waals surface area contributed by atoms with E-state index in [9.17, 15) is 0 Å². The van der Waals surface area contributed by atoms with E-state index in [0.717, 1.165) is 10.9 Å². The van der Waals surface area contributed by atoms with E-state index in [4.69, 9.17) is 10.5 Å². The van der Waals surface area contributed by atoms with Crippen molar-refractivity contribution in [3.8, 4) is 0 Å². The second-order valence-corrected chi connectivity index (χ2v) is 5.75. The molecule has 0 spiro atoms. The van der Waals surface area contributed by atoms with Gasteiger partial charge in [0.05, 0.1) is 13.2 Å². The lowest BCUT2D eigenvalue weighted by molar-refractivity contribution is 0.0892. The Kier molecular flexibility index (Phi) is 6.25. The molecule has 0 aliphatic carbocycles. The summed E-state index contributed by atoms with van der Waals surface area (Å²) in [7, 11) is 0. The van der Waals surface area contributed by atoms with E-state index in [2.05, 4.69) is 46.3 Å². The van der Waals surface area contributed by atoms with Gasteiger partial charge in [-0.05, 0) is 36.1 Å². The minimum atomic E-state index is 0.345. The van der Waals surface area contributed by atoms with Crippen LogP contribution in [0, 0.1) is 5.92 Å². The molecule has 1 atom stereocenters. The lowest BCUT2D eigenvalue weighted by Gasteiger charge is -2.16. The SMILES string of the molecule is NCC(COCc1ccccc1)Cc1ccccc1Br. The molecule has 0 radical (unpaired) electrons. The van der Waals surface area contributed by atoms with Crippen molar-refractivity contribution in [2.45, 2.75) is 13.0 Å². The zero-order valence-corrected chi connectivity index (χ0v) is 13.1. The Bertz CT molecular complexity index is 515. The first-order valence-electron chi connectivity index (χ1n) is 6.84. The van der Waals surface area contributed by atoms with Crippen molar-refractivity contribution in [1.29, 1.82) is 0 Å². The number of benzene rings is 2. The molecule has 2 aromatic rings. The maximum Gasteiger partial charge on any atom is 0.0717 e. The molecule has 0 amide bonds. The standard InChI is InChI=1S/C17H20BrNO/c18-17-9-5-4-8-16(17)10-15(11-19)13-20-12-14-6-2-1-3-7-14/h1-9,15H,10-13,19H2. The van der Waals surface area contributed by atoms with Crippen LogP contribution in [0.2, 0.25) is 0 Å². The highest BCUT2D eigenvalue weighted by Crippen LogP contribution is 2.19. The molecular weight excluding hydrogens is 314 g/mol. The number of ether oxygens (including phenoxy) is 1. The first kappa shape index (κ1) is 15.2. The van der Waals surface area contributed by atoms with Gasteiger partial charge in [0.1, 0.15) is 0 Å². The molecule has 0 saturated heterocycles. The van der Waals surface area contributed by atoms with E-state index in [1.165, 1.54) is 11.1 Å². The zero-order chi connectivity index (χ0) is 14.2. The molecule has 1 unspecified atom stereocenters. The van der Waals surface area contributed by atoms with Crippen LogP contribution in [0.5, 0.6) is 0 Å². The van der Waals surface area contributed by atoms with Gasteiger partial charge in [0.25, 0.3) is 0 Å². The van der Waals surface area contributed by atoms with Crippen molar-refractivity contribution >= 4 is 15.9 Å². The van der Waals surface area contributed by atoms with Gasteiger partial charge in [0.15, 0.2) is 0 Å². The third-order valence-electron chi connectivity index (χ3n) is 3.26. The van der Waals surface area contributed by atoms with Gasteiger partial charge < -0.3 is 10.5 Å². The summed E-state index contributed by atoms with van der Waals surface area (Å²) in [5, 5.41) is 0. The van der Waals surface area contributed by atoms with Crippen LogP contribution in [-0.2, 0) is 17.8 Å². The normalized spacial score (nSPS) is 12.3. The molecule has 3 heteroatoms. The number of rotatable bonds is 7. The lowest BCUT2D eigenvalue weighted by atomic mass is 10.0. The van der Waals surface area contributed by atoms with Crippen LogP contribution in [-0.4, -0.2) is 13.2 Å². The molecule has 0 aliphatic heterocycles. The van der Waals surface area contributed by atoms with Crippen LogP contribution in [0.15, 0.2) is 59.1 Å². The van der Waals surface area contributed by atoms with Crippen molar-refractivity contribution in [3.05, 3.63) is 70.2 Å². The van der Waals surface area contributed by atoms with Crippen LogP contribution in [0.1, 0.15) is 11.1 Å². The summed E-state index contributed by atoms with van der Waals surface area (Å²) < 4.78 is 6.93. The Morgan fingerprint density at radius 3 is 2.40 bits per heavy atom. The quantitative estimate of drug-likeness (QED) is 0.836. The maximum atomic E-state index is 5.85. The largest absolute Gasteiger partial charge is 0.376 e. The van der Waals surface area contributed by atoms with Gasteiger partial charge in [0, 0.05) is 4.47 Å². The fraction of sp³-hybridized carbons (Fsp3) is 0.294. The lowest BCUT2D eigenvalue weighted by Crippen LogP contribution is -2.22. The molecule has 0 aromatic heterocycles. The highest BCUT2D eigenvalue weighted by molar-refractivity contribution is 9.10. The number of halogens is 1. The topological polar surface area (TPSA) is 35.2 Å². The van der Waals surface area contributed by atoms with E-state index < -0.39 is 0 Å². The highest BCUT2D eigenvalue weighted by Gasteiger charge is 2.10. The van der Waals surface area contributed by atoms with Gasteiger partial charge in [-0.15, -0.1) is 0 Å². The van der Waals surface area contributed by atoms with Gasteiger partial charge in [-0.25, -0.2) is 0 Å². The predicted molar refractivity (Wildman–Crippen MR) is 86.5 cm³/mol. The second kappa shape index (κ2) is 8.20. The summed E-state index contributed by atoms with van der Waals surface area (Å²) in [5.74, 6) is 0.345. The number of hydrogen-bond acceptors (Lipinski definition) is 2. The van der Waals surface area contributed by atoms with Crippen LogP contribution >= 0.6 is 15.9 Å². The first-order valence-corrected chi connectivity index (χ1v) is 7.64. The van der Waals surface area contributed by atoms with Gasteiger partial charge in [-0.2, -0.15) is 0 Å². The van der Waals surface area contributed by atoms with E-state index in [1.54, 1.807) is 0 Å². The van der Waals surface area contributed by atoms with E-state index in [0.29, 0.717) is 25.7 Å². The molecule has 2 aromatic carbocycles. The summed E-state index contributed by atoms with van der Waals surface area (Å²) in [6.45, 7) is 1.97. The monoisotopic (exact) mass is 333 g/mol. The van der Waals surface area contributed by atoms with Crippen LogP contribution in [0.3, 0.4) is 0 Å². The van der Waals surface area contributed by atoms with Crippen LogP contribution in [0.4, 0.5) is 0 Å². The van der Waals surface area contributed by atoms with Crippen molar-refractivity contribution in [2.24, 2.45) is 11.7 Å². The van der Waals surface area contributed by atoms with Gasteiger partial charge in [-0.3, -0.25) is 0 Å². The van der Waals surface area contributed by atoms with Gasteiger partial charge in [0.2, 0.25) is 0 Å². The first-order chi connectivity index (χ1) is 9.79. The smallest absolute Gasteiger partial charge is 0.0717 e. The van der Waals surface area contributed by atoms with Crippen LogP contribution < -0.4 is 5.73 Å². The Labute approximate surface area is 129 Å². The minimum absolute atomic E-state index is 0.345. The average molecular weight is 334 g/mol. The van der Waals surface area contributed by atoms with Crippen molar-refractivity contribution in [2.75, 3.05) is 13.2 Å². The van der Waals surface area contributed by atoms with Gasteiger partial charge >= 0.3 is 0 Å². The third kappa shape index (κ3) is 4.75. The molecule has 20 heavy (non-hydrogen) atoms. The molecular formula is C17H20BrNO. The maximum absolute atomic E-state index is 5.85. The molecule has 106 valence electrons. The minimum Gasteiger partial charge on any atom is -0.376 e. The number of nitrogens with two attached hydrogens (primary N) is 1. The van der Waals surface area contributed by atoms with E-state index >= 15 is 0 Å². The molecule has 0 bridgehead atoms. The summed E-state index contributed by atoms with van der Waals surface area (Å²) in [5.41, 5.74) is 8.34. The molecule has 2 rings (SSSR count). The summed E-state index contributed by atoms with van der Waals surface area (Å²) >= 11 is 3.58. The Balaban J connectivity index is 1.82. The summed E-state index contributed by atoms with van der Waals surface area (Å²) in [4.78, 5) is 0. The number of hydrogen-bond donors (Lipinski definition) is 1. The van der Waals surface area contributed by atoms with E-state index in [-0.39, 0.29) is 0 Å². The Morgan fingerprint density at radius 2 is 1.70 bits per heavy atom. The molecule has 0 heterocycles.